The van der Waals surface area contributed by atoms with Crippen LogP contribution in [-0.4, -0.2) is 28.3 Å². The Morgan fingerprint density at radius 3 is 2.54 bits per heavy atom. The van der Waals surface area contributed by atoms with Crippen LogP contribution < -0.4 is 0 Å². The van der Waals surface area contributed by atoms with E-state index in [0.29, 0.717) is 23.8 Å². The Kier molecular flexibility index (Phi) is 7.03. The van der Waals surface area contributed by atoms with Gasteiger partial charge in [0.15, 0.2) is 0 Å². The van der Waals surface area contributed by atoms with Crippen molar-refractivity contribution >= 4 is 28.3 Å². The molecule has 1 saturated heterocycles. The topological polar surface area (TPSA) is 25.2 Å². The van der Waals surface area contributed by atoms with Crippen molar-refractivity contribution < 1.29 is 9.18 Å². The predicted octanol–water partition coefficient (Wildman–Crippen LogP) is 7.32. The van der Waals surface area contributed by atoms with Crippen LogP contribution in [0.25, 0.3) is 16.6 Å². The molecule has 0 spiro atoms. The van der Waals surface area contributed by atoms with Crippen LogP contribution in [0.4, 0.5) is 4.39 Å². The van der Waals surface area contributed by atoms with Gasteiger partial charge in [-0.2, -0.15) is 0 Å². The lowest BCUT2D eigenvalue weighted by molar-refractivity contribution is -0.118. The van der Waals surface area contributed by atoms with Crippen molar-refractivity contribution in [1.82, 2.24) is 9.47 Å². The first kappa shape index (κ1) is 23.8. The molecule has 0 aliphatic carbocycles. The van der Waals surface area contributed by atoms with Gasteiger partial charge in [-0.15, -0.1) is 0 Å². The lowest BCUT2D eigenvalue weighted by atomic mass is 9.88. The van der Waals surface area contributed by atoms with E-state index in [1.165, 1.54) is 28.6 Å². The molecule has 5 heteroatoms. The summed E-state index contributed by atoms with van der Waals surface area (Å²) in [5.41, 5.74) is 5.69. The van der Waals surface area contributed by atoms with Crippen molar-refractivity contribution in [2.24, 2.45) is 0 Å². The van der Waals surface area contributed by atoms with Gasteiger partial charge in [0.05, 0.1) is 5.52 Å². The molecule has 0 amide bonds. The summed E-state index contributed by atoms with van der Waals surface area (Å²) in [5, 5.41) is 1.86. The van der Waals surface area contributed by atoms with Gasteiger partial charge in [0.25, 0.3) is 0 Å². The maximum absolute atomic E-state index is 13.5. The number of Topliss-reactive ketones (excluding diaryl/α,β-unsaturated/α-hetero) is 1. The highest BCUT2D eigenvalue weighted by atomic mass is 35.5. The Bertz CT molecular complexity index is 1340. The van der Waals surface area contributed by atoms with E-state index in [-0.39, 0.29) is 11.6 Å². The zero-order chi connectivity index (χ0) is 24.4. The Hall–Kier alpha value is -2.95. The molecular formula is C30H30ClFN2O. The smallest absolute Gasteiger partial charge is 0.136 e. The maximum atomic E-state index is 13.5. The van der Waals surface area contributed by atoms with E-state index >= 15 is 0 Å². The van der Waals surface area contributed by atoms with E-state index in [0.717, 1.165) is 49.2 Å². The number of hydrogen-bond acceptors (Lipinski definition) is 2. The van der Waals surface area contributed by atoms with E-state index in [2.05, 4.69) is 46.0 Å². The van der Waals surface area contributed by atoms with Crippen molar-refractivity contribution in [3.05, 3.63) is 100 Å². The zero-order valence-corrected chi connectivity index (χ0v) is 20.8. The number of rotatable bonds is 7. The van der Waals surface area contributed by atoms with Crippen molar-refractivity contribution in [1.29, 1.82) is 0 Å². The van der Waals surface area contributed by atoms with Crippen LogP contribution in [0.5, 0.6) is 0 Å². The molecule has 2 heterocycles. The number of nitrogens with zero attached hydrogens (tertiary/aromatic N) is 2. The first-order valence-corrected chi connectivity index (χ1v) is 12.8. The fourth-order valence-corrected chi connectivity index (χ4v) is 5.35. The number of ketones is 1. The zero-order valence-electron chi connectivity index (χ0n) is 20.0. The van der Waals surface area contributed by atoms with Gasteiger partial charge in [-0.1, -0.05) is 48.9 Å². The molecule has 1 fully saturated rings. The van der Waals surface area contributed by atoms with Gasteiger partial charge < -0.3 is 4.57 Å². The molecule has 0 bridgehead atoms. The van der Waals surface area contributed by atoms with Crippen LogP contribution >= 0.6 is 11.6 Å². The fourth-order valence-electron chi connectivity index (χ4n) is 5.19. The Morgan fingerprint density at radius 1 is 1.03 bits per heavy atom. The number of piperidine rings is 1. The van der Waals surface area contributed by atoms with E-state index in [9.17, 15) is 9.18 Å². The summed E-state index contributed by atoms with van der Waals surface area (Å²) in [6.45, 7) is 4.84. The monoisotopic (exact) mass is 488 g/mol. The molecule has 0 radical (unpaired) electrons. The average Bonchev–Trinajstić information content (AvgIpc) is 3.22. The molecule has 3 aromatic carbocycles. The first-order valence-electron chi connectivity index (χ1n) is 12.4. The molecule has 180 valence electrons. The molecule has 4 aromatic rings. The molecular weight excluding hydrogens is 459 g/mol. The number of likely N-dealkylation sites (tertiary alicyclic amines) is 1. The Balaban J connectivity index is 1.31. The molecule has 0 unspecified atom stereocenters. The van der Waals surface area contributed by atoms with E-state index in [4.69, 9.17) is 11.6 Å². The summed E-state index contributed by atoms with van der Waals surface area (Å²) in [6.07, 6.45) is 5.49. The third-order valence-electron chi connectivity index (χ3n) is 7.15. The van der Waals surface area contributed by atoms with Crippen LogP contribution in [0.3, 0.4) is 0 Å². The second-order valence-electron chi connectivity index (χ2n) is 9.53. The fraction of sp³-hybridized carbons (Fsp3) is 0.300. The standard InChI is InChI=1S/C30H30ClFN2O/c1-2-28(35)17-21-4-3-5-23(16-21)22-12-14-33(15-13-22)19-24-20-34(27-9-7-26(32)8-10-27)30-18-25(31)6-11-29(24)30/h3-11,16,18,20,22H,2,12-15,17,19H2,1H3. The van der Waals surface area contributed by atoms with Crippen LogP contribution in [0.2, 0.25) is 5.02 Å². The SMILES string of the molecule is CCC(=O)Cc1cccc(C2CCN(Cc3cn(-c4ccc(F)cc4)c4cc(Cl)ccc34)CC2)c1. The second kappa shape index (κ2) is 10.3. The van der Waals surface area contributed by atoms with Crippen molar-refractivity contribution in [2.45, 2.75) is 45.1 Å². The molecule has 3 nitrogen and oxygen atoms in total. The minimum atomic E-state index is -0.242. The van der Waals surface area contributed by atoms with Gasteiger partial charge >= 0.3 is 0 Å². The van der Waals surface area contributed by atoms with Gasteiger partial charge in [-0.05, 0) is 84.9 Å². The minimum absolute atomic E-state index is 0.242. The number of halogens is 2. The third-order valence-corrected chi connectivity index (χ3v) is 7.39. The Morgan fingerprint density at radius 2 is 1.80 bits per heavy atom. The van der Waals surface area contributed by atoms with Crippen LogP contribution in [-0.2, 0) is 17.8 Å². The first-order chi connectivity index (χ1) is 17.0. The molecule has 0 atom stereocenters. The highest BCUT2D eigenvalue weighted by Gasteiger charge is 2.22. The molecule has 0 saturated carbocycles. The predicted molar refractivity (Wildman–Crippen MR) is 141 cm³/mol. The summed E-state index contributed by atoms with van der Waals surface area (Å²) in [6, 6.07) is 21.2. The summed E-state index contributed by atoms with van der Waals surface area (Å²) >= 11 is 6.32. The number of benzene rings is 3. The summed E-state index contributed by atoms with van der Waals surface area (Å²) in [4.78, 5) is 14.4. The van der Waals surface area contributed by atoms with Crippen LogP contribution in [0, 0.1) is 5.82 Å². The quantitative estimate of drug-likeness (QED) is 0.272. The summed E-state index contributed by atoms with van der Waals surface area (Å²) < 4.78 is 15.6. The third kappa shape index (κ3) is 5.34. The van der Waals surface area contributed by atoms with E-state index < -0.39 is 0 Å². The van der Waals surface area contributed by atoms with Crippen molar-refractivity contribution in [2.75, 3.05) is 13.1 Å². The molecule has 0 N–H and O–H groups in total. The number of hydrogen-bond donors (Lipinski definition) is 0. The van der Waals surface area contributed by atoms with Gasteiger partial charge in [0, 0.05) is 41.7 Å². The second-order valence-corrected chi connectivity index (χ2v) is 9.96. The number of aromatic nitrogens is 1. The molecule has 1 aliphatic rings. The van der Waals surface area contributed by atoms with Gasteiger partial charge in [-0.3, -0.25) is 9.69 Å². The largest absolute Gasteiger partial charge is 0.316 e. The lowest BCUT2D eigenvalue weighted by Crippen LogP contribution is -2.32. The van der Waals surface area contributed by atoms with Crippen LogP contribution in [0.1, 0.15) is 48.8 Å². The average molecular weight is 489 g/mol. The highest BCUT2D eigenvalue weighted by Crippen LogP contribution is 2.32. The van der Waals surface area contributed by atoms with E-state index in [1.807, 2.05) is 19.1 Å². The minimum Gasteiger partial charge on any atom is -0.316 e. The number of fused-ring (bicyclic) bond motifs is 1. The van der Waals surface area contributed by atoms with E-state index in [1.54, 1.807) is 12.1 Å². The molecule has 1 aromatic heterocycles. The maximum Gasteiger partial charge on any atom is 0.136 e. The molecule has 1 aliphatic heterocycles. The van der Waals surface area contributed by atoms with Gasteiger partial charge in [-0.25, -0.2) is 4.39 Å². The van der Waals surface area contributed by atoms with Crippen molar-refractivity contribution in [3.63, 3.8) is 0 Å². The highest BCUT2D eigenvalue weighted by molar-refractivity contribution is 6.31. The molecule has 5 rings (SSSR count). The van der Waals surface area contributed by atoms with Crippen LogP contribution in [0.15, 0.2) is 72.9 Å². The summed E-state index contributed by atoms with van der Waals surface area (Å²) in [5.74, 6) is 0.578. The molecule has 35 heavy (non-hydrogen) atoms. The van der Waals surface area contributed by atoms with Crippen molar-refractivity contribution in [3.8, 4) is 5.69 Å². The Labute approximate surface area is 211 Å². The lowest BCUT2D eigenvalue weighted by Gasteiger charge is -2.32. The number of carbonyl (C=O) groups excluding carboxylic acids is 1. The van der Waals surface area contributed by atoms with Gasteiger partial charge in [0.1, 0.15) is 11.6 Å². The summed E-state index contributed by atoms with van der Waals surface area (Å²) in [7, 11) is 0. The number of carbonyl (C=O) groups is 1. The van der Waals surface area contributed by atoms with Gasteiger partial charge in [0.2, 0.25) is 0 Å². The normalized spacial score (nSPS) is 15.1.